The Kier molecular flexibility index (Phi) is 6.09. The van der Waals surface area contributed by atoms with E-state index in [0.29, 0.717) is 37.6 Å². The van der Waals surface area contributed by atoms with Crippen molar-refractivity contribution < 1.29 is 10.7 Å². The smallest absolute Gasteiger partial charge is 0.223 e. The number of aryl methyl sites for hydroxylation is 1. The Labute approximate surface area is 195 Å². The minimum absolute atomic E-state index is 0. The minimum atomic E-state index is 0. The maximum absolute atomic E-state index is 12.9. The number of ketones is 1. The lowest BCUT2D eigenvalue weighted by atomic mass is 10.0. The highest BCUT2D eigenvalue weighted by atomic mass is 32.1. The van der Waals surface area contributed by atoms with Gasteiger partial charge >= 0.3 is 0 Å². The van der Waals surface area contributed by atoms with Crippen LogP contribution in [0, 0.1) is 6.92 Å². The number of hydrogen-bond donors (Lipinski definition) is 1. The largest absolute Gasteiger partial charge is 0.340 e. The molecular weight excluding hydrogens is 444 g/mol. The van der Waals surface area contributed by atoms with Crippen LogP contribution in [0.1, 0.15) is 34.9 Å². The third-order valence-corrected chi connectivity index (χ3v) is 7.80. The van der Waals surface area contributed by atoms with Gasteiger partial charge in [0.25, 0.3) is 0 Å². The van der Waals surface area contributed by atoms with Crippen LogP contribution in [-0.4, -0.2) is 50.9 Å². The van der Waals surface area contributed by atoms with Gasteiger partial charge in [-0.3, -0.25) is 14.7 Å². The van der Waals surface area contributed by atoms with Gasteiger partial charge in [-0.15, -0.1) is 22.7 Å². The van der Waals surface area contributed by atoms with E-state index in [9.17, 15) is 4.79 Å². The Morgan fingerprint density at radius 3 is 3.06 bits per heavy atom. The number of hydrogen-bond acceptors (Lipinski definition) is 10. The molecule has 168 valence electrons. The highest BCUT2D eigenvalue weighted by Gasteiger charge is 2.25. The van der Waals surface area contributed by atoms with E-state index >= 15 is 0 Å². The van der Waals surface area contributed by atoms with Crippen LogP contribution in [-0.2, 0) is 30.7 Å². The van der Waals surface area contributed by atoms with E-state index in [0.717, 1.165) is 39.6 Å². The summed E-state index contributed by atoms with van der Waals surface area (Å²) in [4.78, 5) is 30.7. The summed E-state index contributed by atoms with van der Waals surface area (Å²) in [5.41, 5.74) is 3.45. The van der Waals surface area contributed by atoms with Crippen LogP contribution in [0.15, 0.2) is 23.0 Å². The predicted molar refractivity (Wildman–Crippen MR) is 127 cm³/mol. The number of fused-ring (bicyclic) bond motifs is 2. The van der Waals surface area contributed by atoms with Gasteiger partial charge in [0.1, 0.15) is 16.3 Å². The molecule has 5 heterocycles. The SMILES string of the molecule is Cc1nc(CN(C)CCC(=O)Cc2sc3c(c2-c2nc4cnccc4s2)CCNC3)no1.[HH]. The number of rotatable bonds is 8. The highest BCUT2D eigenvalue weighted by molar-refractivity contribution is 7.22. The van der Waals surface area contributed by atoms with E-state index in [1.165, 1.54) is 16.0 Å². The van der Waals surface area contributed by atoms with E-state index < -0.39 is 0 Å². The average molecular weight is 471 g/mol. The molecule has 0 saturated carbocycles. The zero-order valence-electron chi connectivity index (χ0n) is 18.1. The maximum atomic E-state index is 12.9. The Balaban J connectivity index is 0.00000259. The van der Waals surface area contributed by atoms with Crippen molar-refractivity contribution in [3.8, 4) is 10.6 Å². The molecule has 0 fully saturated rings. The number of nitrogens with one attached hydrogen (secondary N) is 1. The molecule has 0 spiro atoms. The fourth-order valence-corrected chi connectivity index (χ4v) is 6.41. The van der Waals surface area contributed by atoms with Gasteiger partial charge in [-0.2, -0.15) is 4.98 Å². The Hall–Kier alpha value is -2.53. The van der Waals surface area contributed by atoms with E-state index in [-0.39, 0.29) is 7.21 Å². The summed E-state index contributed by atoms with van der Waals surface area (Å²) in [7, 11) is 1.97. The van der Waals surface area contributed by atoms with Gasteiger partial charge in [-0.05, 0) is 31.6 Å². The lowest BCUT2D eigenvalue weighted by molar-refractivity contribution is -0.118. The normalized spacial score (nSPS) is 13.7. The molecule has 0 amide bonds. The first-order chi connectivity index (χ1) is 15.6. The van der Waals surface area contributed by atoms with E-state index in [4.69, 9.17) is 9.51 Å². The third-order valence-electron chi connectivity index (χ3n) is 5.52. The molecule has 0 unspecified atom stereocenters. The van der Waals surface area contributed by atoms with Crippen LogP contribution < -0.4 is 5.32 Å². The maximum Gasteiger partial charge on any atom is 0.223 e. The monoisotopic (exact) mass is 470 g/mol. The summed E-state index contributed by atoms with van der Waals surface area (Å²) in [6.45, 7) is 4.81. The lowest BCUT2D eigenvalue weighted by Crippen LogP contribution is -2.22. The Bertz CT molecular complexity index is 1230. The topological polar surface area (TPSA) is 97.0 Å². The second-order valence-corrected chi connectivity index (χ2v) is 10.2. The third kappa shape index (κ3) is 4.49. The molecule has 1 N–H and O–H groups in total. The van der Waals surface area contributed by atoms with Crippen LogP contribution in [0.4, 0.5) is 0 Å². The molecule has 0 saturated heterocycles. The van der Waals surface area contributed by atoms with Crippen molar-refractivity contribution in [2.24, 2.45) is 0 Å². The molecular formula is C22H26N6O2S2. The molecule has 1 aliphatic rings. The zero-order chi connectivity index (χ0) is 22.1. The van der Waals surface area contributed by atoms with Crippen molar-refractivity contribution in [1.29, 1.82) is 0 Å². The average Bonchev–Trinajstić information content (AvgIpc) is 3.48. The number of thiophene rings is 1. The second-order valence-electron chi connectivity index (χ2n) is 8.02. The van der Waals surface area contributed by atoms with Gasteiger partial charge in [0.05, 0.1) is 17.4 Å². The molecule has 32 heavy (non-hydrogen) atoms. The molecule has 0 radical (unpaired) electrons. The summed E-state index contributed by atoms with van der Waals surface area (Å²) in [5, 5.41) is 8.37. The molecule has 0 bridgehead atoms. The van der Waals surface area contributed by atoms with Crippen LogP contribution >= 0.6 is 22.7 Å². The van der Waals surface area contributed by atoms with Gasteiger partial charge in [0.2, 0.25) is 5.89 Å². The second kappa shape index (κ2) is 9.14. The number of thiazole rings is 1. The number of Topliss-reactive ketones (excluding diaryl/α,β-unsaturated/α-hetero) is 1. The molecule has 8 nitrogen and oxygen atoms in total. The van der Waals surface area contributed by atoms with Gasteiger partial charge < -0.3 is 9.84 Å². The lowest BCUT2D eigenvalue weighted by Gasteiger charge is -2.14. The summed E-state index contributed by atoms with van der Waals surface area (Å²) in [6.07, 6.45) is 5.50. The summed E-state index contributed by atoms with van der Waals surface area (Å²) >= 11 is 3.44. The number of aromatic nitrogens is 4. The predicted octanol–water partition coefficient (Wildman–Crippen LogP) is 3.64. The first kappa shape index (κ1) is 21.3. The van der Waals surface area contributed by atoms with Crippen molar-refractivity contribution in [3.63, 3.8) is 0 Å². The van der Waals surface area contributed by atoms with Crippen LogP contribution in [0.2, 0.25) is 0 Å². The van der Waals surface area contributed by atoms with Crippen molar-refractivity contribution >= 4 is 38.7 Å². The standard InChI is InChI=1S/C22H24N6O2S2.H2/c1-13-25-20(27-30-13)12-28(2)8-5-14(29)9-18-21(15-3-6-24-11-19(15)31-18)22-26-16-10-23-7-4-17(16)32-22;/h4,7,10,24H,3,5-6,8-9,11-12H2,1-2H3;1H. The highest BCUT2D eigenvalue weighted by Crippen LogP contribution is 2.41. The quantitative estimate of drug-likeness (QED) is 0.417. The molecule has 5 rings (SSSR count). The molecule has 1 aliphatic heterocycles. The van der Waals surface area contributed by atoms with Crippen LogP contribution in [0.3, 0.4) is 0 Å². The van der Waals surface area contributed by atoms with Gasteiger partial charge in [-0.25, -0.2) is 4.98 Å². The first-order valence-electron chi connectivity index (χ1n) is 10.6. The summed E-state index contributed by atoms with van der Waals surface area (Å²) in [6, 6.07) is 2.00. The molecule has 0 aromatic carbocycles. The van der Waals surface area contributed by atoms with Crippen LogP contribution in [0.25, 0.3) is 20.8 Å². The number of carbonyl (C=O) groups excluding carboxylic acids is 1. The van der Waals surface area contributed by atoms with Crippen molar-refractivity contribution in [2.45, 2.75) is 39.3 Å². The summed E-state index contributed by atoms with van der Waals surface area (Å²) in [5.74, 6) is 1.43. The summed E-state index contributed by atoms with van der Waals surface area (Å²) < 4.78 is 6.14. The fraction of sp³-hybridized carbons (Fsp3) is 0.409. The Morgan fingerprint density at radius 1 is 1.34 bits per heavy atom. The molecule has 0 aliphatic carbocycles. The molecule has 4 aromatic rings. The molecule has 4 aromatic heterocycles. The molecule has 0 atom stereocenters. The zero-order valence-corrected chi connectivity index (χ0v) is 19.7. The fourth-order valence-electron chi connectivity index (χ4n) is 3.96. The number of pyridine rings is 1. The first-order valence-corrected chi connectivity index (χ1v) is 12.2. The van der Waals surface area contributed by atoms with Gasteiger partial charge in [-0.1, -0.05) is 5.16 Å². The van der Waals surface area contributed by atoms with E-state index in [1.807, 2.05) is 24.2 Å². The van der Waals surface area contributed by atoms with E-state index in [1.54, 1.807) is 35.8 Å². The van der Waals surface area contributed by atoms with Crippen molar-refractivity contribution in [2.75, 3.05) is 20.1 Å². The van der Waals surface area contributed by atoms with Gasteiger partial charge in [0, 0.05) is 55.8 Å². The van der Waals surface area contributed by atoms with Crippen molar-refractivity contribution in [1.82, 2.24) is 30.3 Å². The van der Waals surface area contributed by atoms with Gasteiger partial charge in [0.15, 0.2) is 5.82 Å². The van der Waals surface area contributed by atoms with E-state index in [2.05, 4.69) is 20.4 Å². The van der Waals surface area contributed by atoms with Crippen LogP contribution in [0.5, 0.6) is 0 Å². The van der Waals surface area contributed by atoms with Crippen molar-refractivity contribution in [3.05, 3.63) is 45.5 Å². The minimum Gasteiger partial charge on any atom is -0.340 e. The number of carbonyl (C=O) groups is 1. The molecule has 10 heteroatoms. The number of nitrogens with zero attached hydrogens (tertiary/aromatic N) is 5. The Morgan fingerprint density at radius 2 is 2.25 bits per heavy atom.